The van der Waals surface area contributed by atoms with Gasteiger partial charge in [0.05, 0.1) is 24.5 Å². The van der Waals surface area contributed by atoms with Gasteiger partial charge in [-0.05, 0) is 25.1 Å². The third-order valence-electron chi connectivity index (χ3n) is 4.84. The van der Waals surface area contributed by atoms with E-state index in [0.717, 1.165) is 18.3 Å². The lowest BCUT2D eigenvalue weighted by molar-refractivity contribution is -0.139. The quantitative estimate of drug-likeness (QED) is 0.484. The lowest BCUT2D eigenvalue weighted by Gasteiger charge is -2.20. The molecule has 0 aliphatic carbocycles. The highest BCUT2D eigenvalue weighted by atomic mass is 19.3. The van der Waals surface area contributed by atoms with Crippen LogP contribution >= 0.6 is 0 Å². The van der Waals surface area contributed by atoms with Gasteiger partial charge < -0.3 is 9.72 Å². The smallest absolute Gasteiger partial charge is 0.352 e. The standard InChI is InChI=1S/C21H13F7N4O3/c1-9-11(5-29)2-10(17(23)24)4-14(9)35-15-16(21(27,28)20(25)26)31-8-32(19(15)34)7-12-3-13(22)6-30-18(12)33/h2-4,6,8,17,20H,7H2,1H3,(H,30,33). The molecule has 0 unspecified atom stereocenters. The minimum atomic E-state index is -5.00. The molecule has 0 aliphatic heterocycles. The Bertz CT molecular complexity index is 1430. The number of alkyl halides is 6. The van der Waals surface area contributed by atoms with Crippen molar-refractivity contribution in [2.24, 2.45) is 0 Å². The first kappa shape index (κ1) is 25.5. The van der Waals surface area contributed by atoms with E-state index in [1.54, 1.807) is 6.07 Å². The van der Waals surface area contributed by atoms with Crippen molar-refractivity contribution < 1.29 is 35.5 Å². The van der Waals surface area contributed by atoms with Gasteiger partial charge in [0.25, 0.3) is 17.5 Å². The van der Waals surface area contributed by atoms with E-state index >= 15 is 0 Å². The molecule has 14 heteroatoms. The molecule has 0 atom stereocenters. The minimum absolute atomic E-state index is 0.153. The van der Waals surface area contributed by atoms with Crippen molar-refractivity contribution in [3.63, 3.8) is 0 Å². The average molecular weight is 502 g/mol. The maximum Gasteiger partial charge on any atom is 0.352 e. The number of hydrogen-bond donors (Lipinski definition) is 1. The second-order valence-electron chi connectivity index (χ2n) is 7.16. The maximum absolute atomic E-state index is 14.2. The number of halogens is 7. The predicted octanol–water partition coefficient (Wildman–Crippen LogP) is 4.39. The number of nitrogens with zero attached hydrogens (tertiary/aromatic N) is 3. The number of H-pyrrole nitrogens is 1. The number of nitriles is 1. The zero-order chi connectivity index (χ0) is 26.1. The lowest BCUT2D eigenvalue weighted by atomic mass is 10.0. The Morgan fingerprint density at radius 2 is 1.89 bits per heavy atom. The van der Waals surface area contributed by atoms with Crippen LogP contribution in [0.25, 0.3) is 0 Å². The number of aromatic amines is 1. The Labute approximate surface area is 191 Å². The van der Waals surface area contributed by atoms with Crippen LogP contribution in [-0.4, -0.2) is 21.0 Å². The van der Waals surface area contributed by atoms with Gasteiger partial charge in [0.1, 0.15) is 11.6 Å². The van der Waals surface area contributed by atoms with Gasteiger partial charge >= 0.3 is 12.3 Å². The van der Waals surface area contributed by atoms with Crippen LogP contribution in [-0.2, 0) is 12.5 Å². The molecule has 0 amide bonds. The predicted molar refractivity (Wildman–Crippen MR) is 105 cm³/mol. The number of pyridine rings is 1. The highest BCUT2D eigenvalue weighted by molar-refractivity contribution is 5.51. The third kappa shape index (κ3) is 5.03. The van der Waals surface area contributed by atoms with Crippen molar-refractivity contribution in [3.8, 4) is 17.6 Å². The summed E-state index contributed by atoms with van der Waals surface area (Å²) in [4.78, 5) is 30.1. The Morgan fingerprint density at radius 3 is 2.49 bits per heavy atom. The molecule has 0 bridgehead atoms. The Hall–Kier alpha value is -4.15. The minimum Gasteiger partial charge on any atom is -0.449 e. The fourth-order valence-corrected chi connectivity index (χ4v) is 2.98. The van der Waals surface area contributed by atoms with E-state index in [1.165, 1.54) is 6.92 Å². The van der Waals surface area contributed by atoms with Crippen LogP contribution in [0.3, 0.4) is 0 Å². The van der Waals surface area contributed by atoms with E-state index in [2.05, 4.69) is 4.98 Å². The first-order chi connectivity index (χ1) is 16.4. The van der Waals surface area contributed by atoms with Crippen LogP contribution in [0.15, 0.2) is 40.3 Å². The normalized spacial score (nSPS) is 11.7. The fraction of sp³-hybridized carbons (Fsp3) is 0.238. The highest BCUT2D eigenvalue weighted by Gasteiger charge is 2.48. The van der Waals surface area contributed by atoms with Crippen LogP contribution in [0.2, 0.25) is 0 Å². The fourth-order valence-electron chi connectivity index (χ4n) is 2.98. The van der Waals surface area contributed by atoms with Gasteiger partial charge in [-0.3, -0.25) is 14.2 Å². The lowest BCUT2D eigenvalue weighted by Crippen LogP contribution is -2.32. The molecular formula is C21H13F7N4O3. The summed E-state index contributed by atoms with van der Waals surface area (Å²) >= 11 is 0. The number of rotatable bonds is 7. The van der Waals surface area contributed by atoms with E-state index in [0.29, 0.717) is 17.0 Å². The highest BCUT2D eigenvalue weighted by Crippen LogP contribution is 2.39. The second-order valence-corrected chi connectivity index (χ2v) is 7.16. The molecule has 0 radical (unpaired) electrons. The van der Waals surface area contributed by atoms with Crippen LogP contribution in [0.1, 0.15) is 34.4 Å². The SMILES string of the molecule is Cc1c(C#N)cc(C(F)F)cc1Oc1c(C(F)(F)C(F)F)ncn(Cc2cc(F)c[nH]c2=O)c1=O. The monoisotopic (exact) mass is 502 g/mol. The largest absolute Gasteiger partial charge is 0.449 e. The summed E-state index contributed by atoms with van der Waals surface area (Å²) in [5, 5.41) is 9.17. The van der Waals surface area contributed by atoms with Crippen LogP contribution in [0.5, 0.6) is 11.5 Å². The van der Waals surface area contributed by atoms with Crippen molar-refractivity contribution in [2.45, 2.75) is 32.2 Å². The molecule has 1 aromatic carbocycles. The van der Waals surface area contributed by atoms with E-state index < -0.39 is 65.0 Å². The molecule has 0 spiro atoms. The van der Waals surface area contributed by atoms with Gasteiger partial charge in [0.15, 0.2) is 5.69 Å². The van der Waals surface area contributed by atoms with Crippen molar-refractivity contribution in [2.75, 3.05) is 0 Å². The van der Waals surface area contributed by atoms with Gasteiger partial charge in [0.2, 0.25) is 5.75 Å². The molecular weight excluding hydrogens is 489 g/mol. The number of hydrogen-bond acceptors (Lipinski definition) is 5. The maximum atomic E-state index is 14.2. The van der Waals surface area contributed by atoms with E-state index in [9.17, 15) is 45.6 Å². The molecule has 3 aromatic rings. The number of aromatic nitrogens is 3. The molecule has 184 valence electrons. The van der Waals surface area contributed by atoms with E-state index in [-0.39, 0.29) is 16.7 Å². The van der Waals surface area contributed by atoms with Crippen molar-refractivity contribution in [1.82, 2.24) is 14.5 Å². The van der Waals surface area contributed by atoms with Crippen LogP contribution in [0, 0.1) is 24.1 Å². The summed E-state index contributed by atoms with van der Waals surface area (Å²) in [6.45, 7) is 0.463. The summed E-state index contributed by atoms with van der Waals surface area (Å²) in [7, 11) is 0. The summed E-state index contributed by atoms with van der Waals surface area (Å²) < 4.78 is 100. The van der Waals surface area contributed by atoms with Gasteiger partial charge in [-0.25, -0.2) is 26.9 Å². The molecule has 0 saturated heterocycles. The Morgan fingerprint density at radius 1 is 1.20 bits per heavy atom. The van der Waals surface area contributed by atoms with E-state index in [4.69, 9.17) is 4.74 Å². The van der Waals surface area contributed by atoms with Crippen molar-refractivity contribution in [3.05, 3.63) is 85.2 Å². The number of benzene rings is 1. The first-order valence-corrected chi connectivity index (χ1v) is 9.50. The Balaban J connectivity index is 2.24. The molecule has 1 N–H and O–H groups in total. The molecule has 3 rings (SSSR count). The first-order valence-electron chi connectivity index (χ1n) is 9.50. The summed E-state index contributed by atoms with van der Waals surface area (Å²) in [6, 6.07) is 3.79. The van der Waals surface area contributed by atoms with E-state index in [1.807, 2.05) is 4.98 Å². The summed E-state index contributed by atoms with van der Waals surface area (Å²) in [6.07, 6.45) is -6.31. The molecule has 0 aliphatic rings. The molecule has 2 heterocycles. The zero-order valence-corrected chi connectivity index (χ0v) is 17.5. The van der Waals surface area contributed by atoms with Crippen LogP contribution in [0.4, 0.5) is 30.7 Å². The van der Waals surface area contributed by atoms with Crippen LogP contribution < -0.4 is 15.9 Å². The topological polar surface area (TPSA) is 101 Å². The van der Waals surface area contributed by atoms with Gasteiger partial charge in [-0.1, -0.05) is 0 Å². The number of nitrogens with one attached hydrogen (secondary N) is 1. The molecule has 0 saturated carbocycles. The van der Waals surface area contributed by atoms with Gasteiger partial charge in [-0.15, -0.1) is 0 Å². The summed E-state index contributed by atoms with van der Waals surface area (Å²) in [5.41, 5.74) is -5.77. The Kier molecular flexibility index (Phi) is 6.99. The second kappa shape index (κ2) is 9.61. The molecule has 0 fully saturated rings. The summed E-state index contributed by atoms with van der Waals surface area (Å²) in [5.74, 6) is -8.02. The molecule has 2 aromatic heterocycles. The van der Waals surface area contributed by atoms with Gasteiger partial charge in [0, 0.05) is 22.9 Å². The zero-order valence-electron chi connectivity index (χ0n) is 17.5. The number of ether oxygens (including phenoxy) is 1. The average Bonchev–Trinajstić information content (AvgIpc) is 2.79. The third-order valence-corrected chi connectivity index (χ3v) is 4.84. The van der Waals surface area contributed by atoms with Gasteiger partial charge in [-0.2, -0.15) is 14.0 Å². The van der Waals surface area contributed by atoms with Crippen molar-refractivity contribution in [1.29, 1.82) is 5.26 Å². The molecule has 35 heavy (non-hydrogen) atoms. The molecule has 7 nitrogen and oxygen atoms in total. The van der Waals surface area contributed by atoms with Crippen molar-refractivity contribution >= 4 is 0 Å².